The van der Waals surface area contributed by atoms with Crippen molar-refractivity contribution in [2.75, 3.05) is 5.73 Å². The Labute approximate surface area is 133 Å². The maximum atomic E-state index is 13.2. The van der Waals surface area contributed by atoms with Crippen LogP contribution in [-0.4, -0.2) is 9.97 Å². The van der Waals surface area contributed by atoms with E-state index in [0.29, 0.717) is 16.1 Å². The van der Waals surface area contributed by atoms with E-state index >= 15 is 0 Å². The van der Waals surface area contributed by atoms with Crippen molar-refractivity contribution in [3.63, 3.8) is 0 Å². The first kappa shape index (κ1) is 14.6. The standard InChI is InChI=1S/C13H12BrFIN3/c1-2-3-10-11(16)12(17)19-13(18-10)7-4-5-9(15)8(14)6-7/h4-6H,2-3H2,1H3,(H2,17,18,19). The molecule has 1 aromatic heterocycles. The molecule has 0 saturated carbocycles. The highest BCUT2D eigenvalue weighted by Gasteiger charge is 2.12. The van der Waals surface area contributed by atoms with Gasteiger partial charge in [0.2, 0.25) is 0 Å². The lowest BCUT2D eigenvalue weighted by molar-refractivity contribution is 0.621. The first-order valence-electron chi connectivity index (χ1n) is 5.80. The van der Waals surface area contributed by atoms with E-state index in [0.717, 1.165) is 27.7 Å². The van der Waals surface area contributed by atoms with E-state index in [1.54, 1.807) is 12.1 Å². The fourth-order valence-electron chi connectivity index (χ4n) is 1.68. The lowest BCUT2D eigenvalue weighted by atomic mass is 10.2. The van der Waals surface area contributed by atoms with Crippen LogP contribution in [0.3, 0.4) is 0 Å². The van der Waals surface area contributed by atoms with Gasteiger partial charge in [-0.15, -0.1) is 0 Å². The molecule has 6 heteroatoms. The molecule has 0 radical (unpaired) electrons. The van der Waals surface area contributed by atoms with Crippen LogP contribution in [0, 0.1) is 9.39 Å². The molecule has 3 nitrogen and oxygen atoms in total. The number of aryl methyl sites for hydroxylation is 1. The second-order valence-electron chi connectivity index (χ2n) is 4.07. The largest absolute Gasteiger partial charge is 0.383 e. The van der Waals surface area contributed by atoms with E-state index in [2.05, 4.69) is 55.4 Å². The zero-order chi connectivity index (χ0) is 14.0. The highest BCUT2D eigenvalue weighted by atomic mass is 127. The highest BCUT2D eigenvalue weighted by Crippen LogP contribution is 2.26. The lowest BCUT2D eigenvalue weighted by Gasteiger charge is -2.09. The zero-order valence-corrected chi connectivity index (χ0v) is 14.0. The number of hydrogen-bond acceptors (Lipinski definition) is 3. The molecule has 0 aliphatic heterocycles. The number of anilines is 1. The summed E-state index contributed by atoms with van der Waals surface area (Å²) in [6.07, 6.45) is 1.83. The van der Waals surface area contributed by atoms with Gasteiger partial charge in [-0.1, -0.05) is 13.3 Å². The molecular formula is C13H12BrFIN3. The van der Waals surface area contributed by atoms with E-state index in [-0.39, 0.29) is 5.82 Å². The summed E-state index contributed by atoms with van der Waals surface area (Å²) in [4.78, 5) is 8.79. The van der Waals surface area contributed by atoms with E-state index < -0.39 is 0 Å². The number of halogens is 3. The van der Waals surface area contributed by atoms with Gasteiger partial charge in [-0.05, 0) is 63.1 Å². The van der Waals surface area contributed by atoms with Gasteiger partial charge in [-0.25, -0.2) is 14.4 Å². The summed E-state index contributed by atoms with van der Waals surface area (Å²) >= 11 is 5.32. The summed E-state index contributed by atoms with van der Waals surface area (Å²) < 4.78 is 14.5. The fourth-order valence-corrected chi connectivity index (χ4v) is 2.57. The van der Waals surface area contributed by atoms with Crippen molar-refractivity contribution in [1.82, 2.24) is 9.97 Å². The predicted octanol–water partition coefficient (Wildman–Crippen LogP) is 4.18. The average Bonchev–Trinajstić information content (AvgIpc) is 2.38. The van der Waals surface area contributed by atoms with Crippen molar-refractivity contribution in [1.29, 1.82) is 0 Å². The van der Waals surface area contributed by atoms with Gasteiger partial charge in [-0.2, -0.15) is 0 Å². The van der Waals surface area contributed by atoms with Crippen LogP contribution in [0.2, 0.25) is 0 Å². The maximum Gasteiger partial charge on any atom is 0.161 e. The molecule has 0 aliphatic rings. The van der Waals surface area contributed by atoms with Crippen LogP contribution >= 0.6 is 38.5 Å². The molecule has 2 rings (SSSR count). The Morgan fingerprint density at radius 1 is 1.37 bits per heavy atom. The SMILES string of the molecule is CCCc1nc(-c2ccc(F)c(Br)c2)nc(N)c1I. The van der Waals surface area contributed by atoms with Crippen molar-refractivity contribution in [3.8, 4) is 11.4 Å². The van der Waals surface area contributed by atoms with Crippen LogP contribution < -0.4 is 5.73 Å². The van der Waals surface area contributed by atoms with Gasteiger partial charge in [0.15, 0.2) is 5.82 Å². The second-order valence-corrected chi connectivity index (χ2v) is 6.01. The van der Waals surface area contributed by atoms with Crippen LogP contribution in [0.25, 0.3) is 11.4 Å². The first-order valence-corrected chi connectivity index (χ1v) is 7.67. The van der Waals surface area contributed by atoms with E-state index in [1.165, 1.54) is 6.07 Å². The van der Waals surface area contributed by atoms with Gasteiger partial charge in [0.25, 0.3) is 0 Å². The summed E-state index contributed by atoms with van der Waals surface area (Å²) in [5, 5.41) is 0. The van der Waals surface area contributed by atoms with Crippen molar-refractivity contribution < 1.29 is 4.39 Å². The molecule has 0 saturated heterocycles. The Morgan fingerprint density at radius 3 is 2.74 bits per heavy atom. The van der Waals surface area contributed by atoms with E-state index in [1.807, 2.05) is 0 Å². The van der Waals surface area contributed by atoms with Gasteiger partial charge < -0.3 is 5.73 Å². The second kappa shape index (κ2) is 6.13. The van der Waals surface area contributed by atoms with E-state index in [4.69, 9.17) is 5.73 Å². The van der Waals surface area contributed by atoms with Crippen LogP contribution in [0.5, 0.6) is 0 Å². The van der Waals surface area contributed by atoms with Gasteiger partial charge >= 0.3 is 0 Å². The minimum absolute atomic E-state index is 0.309. The van der Waals surface area contributed by atoms with Gasteiger partial charge in [0.1, 0.15) is 11.6 Å². The number of benzene rings is 1. The average molecular weight is 436 g/mol. The van der Waals surface area contributed by atoms with Crippen molar-refractivity contribution in [2.24, 2.45) is 0 Å². The summed E-state index contributed by atoms with van der Waals surface area (Å²) in [6, 6.07) is 4.70. The topological polar surface area (TPSA) is 51.8 Å². The van der Waals surface area contributed by atoms with Crippen molar-refractivity contribution in [3.05, 3.63) is 37.8 Å². The Kier molecular flexibility index (Phi) is 4.72. The fraction of sp³-hybridized carbons (Fsp3) is 0.231. The van der Waals surface area contributed by atoms with Gasteiger partial charge in [-0.3, -0.25) is 0 Å². The minimum Gasteiger partial charge on any atom is -0.383 e. The molecule has 0 amide bonds. The molecule has 0 atom stereocenters. The molecule has 100 valence electrons. The Balaban J connectivity index is 2.52. The Bertz CT molecular complexity index is 619. The molecule has 2 N–H and O–H groups in total. The Morgan fingerprint density at radius 2 is 2.11 bits per heavy atom. The summed E-state index contributed by atoms with van der Waals surface area (Å²) in [5.74, 6) is 0.688. The van der Waals surface area contributed by atoms with Gasteiger partial charge in [0, 0.05) is 5.56 Å². The third kappa shape index (κ3) is 3.22. The van der Waals surface area contributed by atoms with Crippen molar-refractivity contribution in [2.45, 2.75) is 19.8 Å². The van der Waals surface area contributed by atoms with Crippen LogP contribution in [0.15, 0.2) is 22.7 Å². The molecule has 0 fully saturated rings. The first-order chi connectivity index (χ1) is 9.02. The molecule has 0 spiro atoms. The molecule has 1 heterocycles. The molecule has 0 unspecified atom stereocenters. The number of aromatic nitrogens is 2. The number of nitrogen functional groups attached to an aromatic ring is 1. The van der Waals surface area contributed by atoms with Crippen LogP contribution in [0.1, 0.15) is 19.0 Å². The molecule has 19 heavy (non-hydrogen) atoms. The number of rotatable bonds is 3. The number of nitrogens with zero attached hydrogens (tertiary/aromatic N) is 2. The predicted molar refractivity (Wildman–Crippen MR) is 86.3 cm³/mol. The quantitative estimate of drug-likeness (QED) is 0.735. The lowest BCUT2D eigenvalue weighted by Crippen LogP contribution is -2.05. The zero-order valence-electron chi connectivity index (χ0n) is 10.3. The molecule has 0 aliphatic carbocycles. The number of hydrogen-bond donors (Lipinski definition) is 1. The minimum atomic E-state index is -0.309. The summed E-state index contributed by atoms with van der Waals surface area (Å²) in [6.45, 7) is 2.09. The monoisotopic (exact) mass is 435 g/mol. The summed E-state index contributed by atoms with van der Waals surface area (Å²) in [5.41, 5.74) is 7.59. The Hall–Kier alpha value is -0.760. The normalized spacial score (nSPS) is 10.7. The molecule has 2 aromatic rings. The van der Waals surface area contributed by atoms with Crippen LogP contribution in [-0.2, 0) is 6.42 Å². The molecular weight excluding hydrogens is 424 g/mol. The molecule has 0 bridgehead atoms. The van der Waals surface area contributed by atoms with Crippen LogP contribution in [0.4, 0.5) is 10.2 Å². The maximum absolute atomic E-state index is 13.2. The highest BCUT2D eigenvalue weighted by molar-refractivity contribution is 14.1. The smallest absolute Gasteiger partial charge is 0.161 e. The third-order valence-corrected chi connectivity index (χ3v) is 4.39. The van der Waals surface area contributed by atoms with E-state index in [9.17, 15) is 4.39 Å². The molecule has 1 aromatic carbocycles. The van der Waals surface area contributed by atoms with Gasteiger partial charge in [0.05, 0.1) is 13.7 Å². The number of nitrogens with two attached hydrogens (primary N) is 1. The van der Waals surface area contributed by atoms with Crippen molar-refractivity contribution >= 4 is 44.3 Å². The summed E-state index contributed by atoms with van der Waals surface area (Å²) in [7, 11) is 0. The third-order valence-electron chi connectivity index (χ3n) is 2.61.